The van der Waals surface area contributed by atoms with Crippen LogP contribution in [0.25, 0.3) is 11.1 Å². The number of carbonyl (C=O) groups excluding carboxylic acids is 2. The van der Waals surface area contributed by atoms with Gasteiger partial charge in [-0.3, -0.25) is 9.59 Å². The van der Waals surface area contributed by atoms with E-state index in [1.165, 1.54) is 12.0 Å². The Balaban J connectivity index is 1.43. The molecule has 34 heavy (non-hydrogen) atoms. The Hall–Kier alpha value is -3.39. The quantitative estimate of drug-likeness (QED) is 0.649. The van der Waals surface area contributed by atoms with Crippen molar-refractivity contribution in [1.29, 1.82) is 0 Å². The van der Waals surface area contributed by atoms with E-state index in [1.54, 1.807) is 13.8 Å². The number of nitrogens with zero attached hydrogens (tertiary/aromatic N) is 1. The third kappa shape index (κ3) is 4.37. The largest absolute Gasteiger partial charge is 0.481 e. The minimum atomic E-state index is -1.000. The van der Waals surface area contributed by atoms with Crippen molar-refractivity contribution in [2.75, 3.05) is 26.8 Å². The molecule has 3 atom stereocenters. The van der Waals surface area contributed by atoms with Gasteiger partial charge in [-0.25, -0.2) is 4.79 Å². The predicted octanol–water partition coefficient (Wildman–Crippen LogP) is 3.25. The third-order valence-electron chi connectivity index (χ3n) is 7.03. The standard InChI is InChI=1S/C26H30N2O6/c1-16(33-3)22(23(29)28-13-12-26(2,15-28)24(30)31)27-25(32)34-14-21-19-10-6-4-8-17(19)18-9-5-7-11-20(18)21/h4-11,16,21-22H,12-15H2,1-3H3,(H,27,32)(H,30,31). The van der Waals surface area contributed by atoms with Gasteiger partial charge >= 0.3 is 12.1 Å². The number of alkyl carbamates (subject to hydrolysis) is 1. The SMILES string of the molecule is COC(C)C(NC(=O)OCC1c2ccccc2-c2ccccc21)C(=O)N1CCC(C)(C(=O)O)C1. The van der Waals surface area contributed by atoms with Crippen molar-refractivity contribution >= 4 is 18.0 Å². The van der Waals surface area contributed by atoms with E-state index in [1.807, 2.05) is 36.4 Å². The lowest BCUT2D eigenvalue weighted by atomic mass is 9.90. The first-order valence-corrected chi connectivity index (χ1v) is 11.4. The molecule has 4 rings (SSSR count). The summed E-state index contributed by atoms with van der Waals surface area (Å²) in [5.41, 5.74) is 3.45. The van der Waals surface area contributed by atoms with Crippen LogP contribution < -0.4 is 5.32 Å². The number of benzene rings is 2. The van der Waals surface area contributed by atoms with Crippen molar-refractivity contribution in [2.45, 2.75) is 38.3 Å². The second-order valence-electron chi connectivity index (χ2n) is 9.26. The zero-order valence-corrected chi connectivity index (χ0v) is 19.6. The van der Waals surface area contributed by atoms with Crippen molar-refractivity contribution in [2.24, 2.45) is 5.41 Å². The molecule has 8 nitrogen and oxygen atoms in total. The highest BCUT2D eigenvalue weighted by atomic mass is 16.5. The summed E-state index contributed by atoms with van der Waals surface area (Å²) < 4.78 is 10.9. The van der Waals surface area contributed by atoms with Gasteiger partial charge in [0.2, 0.25) is 5.91 Å². The molecule has 1 heterocycles. The molecule has 0 bridgehead atoms. The summed E-state index contributed by atoms with van der Waals surface area (Å²) in [5, 5.41) is 12.1. The highest BCUT2D eigenvalue weighted by Gasteiger charge is 2.44. The van der Waals surface area contributed by atoms with Crippen LogP contribution in [0.5, 0.6) is 0 Å². The van der Waals surface area contributed by atoms with Gasteiger partial charge in [0.1, 0.15) is 12.6 Å². The van der Waals surface area contributed by atoms with Crippen LogP contribution >= 0.6 is 0 Å². The highest BCUT2D eigenvalue weighted by molar-refractivity contribution is 5.88. The van der Waals surface area contributed by atoms with Gasteiger partial charge in [0, 0.05) is 26.1 Å². The smallest absolute Gasteiger partial charge is 0.407 e. The molecule has 2 aromatic rings. The number of rotatable bonds is 7. The molecule has 2 N–H and O–H groups in total. The lowest BCUT2D eigenvalue weighted by Gasteiger charge is -2.28. The fourth-order valence-electron chi connectivity index (χ4n) is 4.80. The number of hydrogen-bond donors (Lipinski definition) is 2. The van der Waals surface area contributed by atoms with E-state index >= 15 is 0 Å². The molecule has 1 fully saturated rings. The summed E-state index contributed by atoms with van der Waals surface area (Å²) in [7, 11) is 1.45. The van der Waals surface area contributed by atoms with Crippen LogP contribution in [0.3, 0.4) is 0 Å². The molecule has 0 spiro atoms. The number of hydrogen-bond acceptors (Lipinski definition) is 5. The molecule has 180 valence electrons. The molecule has 3 unspecified atom stereocenters. The van der Waals surface area contributed by atoms with Gasteiger partial charge in [0.05, 0.1) is 11.5 Å². The fraction of sp³-hybridized carbons (Fsp3) is 0.423. The van der Waals surface area contributed by atoms with Crippen LogP contribution in [0, 0.1) is 5.41 Å². The molecule has 0 aromatic heterocycles. The third-order valence-corrected chi connectivity index (χ3v) is 7.03. The summed E-state index contributed by atoms with van der Waals surface area (Å²) in [6.45, 7) is 3.82. The van der Waals surface area contributed by atoms with Crippen molar-refractivity contribution in [1.82, 2.24) is 10.2 Å². The summed E-state index contributed by atoms with van der Waals surface area (Å²) >= 11 is 0. The minimum Gasteiger partial charge on any atom is -0.481 e. The van der Waals surface area contributed by atoms with Crippen LogP contribution in [0.1, 0.15) is 37.3 Å². The molecular weight excluding hydrogens is 436 g/mol. The van der Waals surface area contributed by atoms with E-state index in [4.69, 9.17) is 9.47 Å². The van der Waals surface area contributed by atoms with Gasteiger partial charge in [-0.1, -0.05) is 48.5 Å². The van der Waals surface area contributed by atoms with Crippen LogP contribution in [0.15, 0.2) is 48.5 Å². The number of fused-ring (bicyclic) bond motifs is 3. The van der Waals surface area contributed by atoms with Crippen LogP contribution in [-0.4, -0.2) is 66.9 Å². The monoisotopic (exact) mass is 466 g/mol. The number of methoxy groups -OCH3 is 1. The van der Waals surface area contributed by atoms with E-state index in [-0.39, 0.29) is 25.0 Å². The van der Waals surface area contributed by atoms with E-state index in [9.17, 15) is 19.5 Å². The maximum absolute atomic E-state index is 13.2. The number of amides is 2. The number of carbonyl (C=O) groups is 3. The van der Waals surface area contributed by atoms with E-state index < -0.39 is 29.6 Å². The molecule has 2 amide bonds. The molecule has 1 aliphatic heterocycles. The molecule has 0 saturated carbocycles. The van der Waals surface area contributed by atoms with Crippen molar-refractivity contribution in [3.05, 3.63) is 59.7 Å². The zero-order chi connectivity index (χ0) is 24.5. The Morgan fingerprint density at radius 3 is 2.24 bits per heavy atom. The molecule has 0 radical (unpaired) electrons. The number of nitrogens with one attached hydrogen (secondary N) is 1. The number of carboxylic acids is 1. The normalized spacial score (nSPS) is 20.9. The lowest BCUT2D eigenvalue weighted by molar-refractivity contribution is -0.147. The summed E-state index contributed by atoms with van der Waals surface area (Å²) in [6.07, 6.45) is -0.985. The summed E-state index contributed by atoms with van der Waals surface area (Å²) in [6, 6.07) is 15.1. The second-order valence-corrected chi connectivity index (χ2v) is 9.26. The predicted molar refractivity (Wildman–Crippen MR) is 125 cm³/mol. The topological polar surface area (TPSA) is 105 Å². The number of carboxylic acid groups (broad SMARTS) is 1. The molecule has 2 aromatic carbocycles. The van der Waals surface area contributed by atoms with Gasteiger partial charge in [-0.05, 0) is 42.5 Å². The molecular formula is C26H30N2O6. The number of likely N-dealkylation sites (tertiary alicyclic amines) is 1. The molecule has 1 saturated heterocycles. The first-order valence-electron chi connectivity index (χ1n) is 11.4. The number of ether oxygens (including phenoxy) is 2. The number of aliphatic carboxylic acids is 1. The average molecular weight is 467 g/mol. The van der Waals surface area contributed by atoms with Crippen LogP contribution in [0.4, 0.5) is 4.79 Å². The molecule has 2 aliphatic rings. The second kappa shape index (κ2) is 9.46. The van der Waals surface area contributed by atoms with E-state index in [0.717, 1.165) is 22.3 Å². The van der Waals surface area contributed by atoms with Crippen molar-refractivity contribution in [3.63, 3.8) is 0 Å². The maximum atomic E-state index is 13.2. The lowest BCUT2D eigenvalue weighted by Crippen LogP contribution is -2.54. The highest BCUT2D eigenvalue weighted by Crippen LogP contribution is 2.44. The Morgan fingerprint density at radius 2 is 1.71 bits per heavy atom. The Bertz CT molecular complexity index is 1060. The van der Waals surface area contributed by atoms with Gasteiger partial charge in [-0.15, -0.1) is 0 Å². The van der Waals surface area contributed by atoms with Crippen LogP contribution in [0.2, 0.25) is 0 Å². The average Bonchev–Trinajstić information content (AvgIpc) is 3.40. The van der Waals surface area contributed by atoms with Gasteiger partial charge < -0.3 is 24.8 Å². The summed E-state index contributed by atoms with van der Waals surface area (Å²) in [4.78, 5) is 39.0. The molecule has 1 aliphatic carbocycles. The first kappa shape index (κ1) is 23.8. The Morgan fingerprint density at radius 1 is 1.12 bits per heavy atom. The van der Waals surface area contributed by atoms with Crippen LogP contribution in [-0.2, 0) is 19.1 Å². The first-order chi connectivity index (χ1) is 16.2. The van der Waals surface area contributed by atoms with Gasteiger partial charge in [0.25, 0.3) is 0 Å². The van der Waals surface area contributed by atoms with Gasteiger partial charge in [0.15, 0.2) is 0 Å². The zero-order valence-electron chi connectivity index (χ0n) is 19.6. The van der Waals surface area contributed by atoms with Crippen molar-refractivity contribution < 1.29 is 29.0 Å². The van der Waals surface area contributed by atoms with Gasteiger partial charge in [-0.2, -0.15) is 0 Å². The fourth-order valence-corrected chi connectivity index (χ4v) is 4.80. The maximum Gasteiger partial charge on any atom is 0.407 e. The van der Waals surface area contributed by atoms with Crippen molar-refractivity contribution in [3.8, 4) is 11.1 Å². The minimum absolute atomic E-state index is 0.0838. The Labute approximate surface area is 198 Å². The summed E-state index contributed by atoms with van der Waals surface area (Å²) in [5.74, 6) is -1.42. The van der Waals surface area contributed by atoms with E-state index in [0.29, 0.717) is 13.0 Å². The van der Waals surface area contributed by atoms with E-state index in [2.05, 4.69) is 17.4 Å². The Kier molecular flexibility index (Phi) is 6.61. The molecule has 8 heteroatoms.